The van der Waals surface area contributed by atoms with Crippen LogP contribution >= 0.6 is 0 Å². The van der Waals surface area contributed by atoms with Gasteiger partial charge in [-0.2, -0.15) is 0 Å². The van der Waals surface area contributed by atoms with Gasteiger partial charge in [0.1, 0.15) is 5.75 Å². The molecule has 2 rings (SSSR count). The van der Waals surface area contributed by atoms with E-state index in [1.807, 2.05) is 49.9 Å². The van der Waals surface area contributed by atoms with Gasteiger partial charge in [0.25, 0.3) is 5.91 Å². The van der Waals surface area contributed by atoms with E-state index in [0.717, 1.165) is 37.2 Å². The van der Waals surface area contributed by atoms with Crippen LogP contribution in [0.2, 0.25) is 0 Å². The monoisotopic (exact) mass is 276 g/mol. The lowest BCUT2D eigenvalue weighted by Crippen LogP contribution is -2.52. The molecule has 1 amide bonds. The van der Waals surface area contributed by atoms with Crippen LogP contribution in [0.1, 0.15) is 32.3 Å². The van der Waals surface area contributed by atoms with Crippen molar-refractivity contribution < 1.29 is 9.53 Å². The molecule has 1 aromatic carbocycles. The number of hydrogen-bond donors (Lipinski definition) is 1. The van der Waals surface area contributed by atoms with Crippen molar-refractivity contribution in [1.82, 2.24) is 4.90 Å². The largest absolute Gasteiger partial charge is 0.478 e. The van der Waals surface area contributed by atoms with Crippen LogP contribution < -0.4 is 10.5 Å². The van der Waals surface area contributed by atoms with E-state index in [4.69, 9.17) is 10.5 Å². The molecule has 1 aromatic rings. The Hall–Kier alpha value is -1.55. The molecule has 4 heteroatoms. The third kappa shape index (κ3) is 3.31. The van der Waals surface area contributed by atoms with Crippen molar-refractivity contribution in [3.8, 4) is 5.75 Å². The number of rotatable bonds is 3. The van der Waals surface area contributed by atoms with E-state index in [-0.39, 0.29) is 11.9 Å². The number of carbonyl (C=O) groups is 1. The number of aryl methyl sites for hydroxylation is 1. The summed E-state index contributed by atoms with van der Waals surface area (Å²) in [5, 5.41) is 0. The second-order valence-corrected chi connectivity index (χ2v) is 6.01. The highest BCUT2D eigenvalue weighted by atomic mass is 16.5. The summed E-state index contributed by atoms with van der Waals surface area (Å²) in [6.45, 7) is 7.09. The first-order chi connectivity index (χ1) is 9.40. The number of carbonyl (C=O) groups excluding carboxylic acids is 1. The average molecular weight is 276 g/mol. The van der Waals surface area contributed by atoms with Crippen LogP contribution in [0.4, 0.5) is 0 Å². The van der Waals surface area contributed by atoms with Gasteiger partial charge in [-0.3, -0.25) is 4.79 Å². The Kier molecular flexibility index (Phi) is 4.33. The fourth-order valence-corrected chi connectivity index (χ4v) is 2.47. The lowest BCUT2D eigenvalue weighted by Gasteiger charge is -2.36. The summed E-state index contributed by atoms with van der Waals surface area (Å²) in [5.74, 6) is 0.798. The van der Waals surface area contributed by atoms with Gasteiger partial charge in [0.05, 0.1) is 0 Å². The minimum Gasteiger partial charge on any atom is -0.478 e. The molecular formula is C16H24N2O2. The summed E-state index contributed by atoms with van der Waals surface area (Å²) in [5.41, 5.74) is 6.06. The Bertz CT molecular complexity index is 477. The van der Waals surface area contributed by atoms with E-state index < -0.39 is 5.60 Å². The molecule has 4 nitrogen and oxygen atoms in total. The molecule has 0 bridgehead atoms. The molecule has 0 aromatic heterocycles. The molecule has 0 unspecified atom stereocenters. The number of hydrogen-bond acceptors (Lipinski definition) is 3. The fraction of sp³-hybridized carbons (Fsp3) is 0.562. The van der Waals surface area contributed by atoms with Crippen LogP contribution in [0.25, 0.3) is 0 Å². The van der Waals surface area contributed by atoms with E-state index in [2.05, 4.69) is 0 Å². The van der Waals surface area contributed by atoms with Crippen LogP contribution in [0.15, 0.2) is 24.3 Å². The second kappa shape index (κ2) is 5.83. The van der Waals surface area contributed by atoms with Crippen LogP contribution in [0.3, 0.4) is 0 Å². The molecule has 0 saturated carbocycles. The van der Waals surface area contributed by atoms with E-state index in [1.165, 1.54) is 0 Å². The normalized spacial score (nSPS) is 17.1. The molecule has 1 saturated heterocycles. The second-order valence-electron chi connectivity index (χ2n) is 6.01. The first kappa shape index (κ1) is 14.9. The SMILES string of the molecule is Cc1ccccc1OC(C)(C)C(=O)N1CCC(N)CC1. The zero-order valence-electron chi connectivity index (χ0n) is 12.6. The summed E-state index contributed by atoms with van der Waals surface area (Å²) in [6, 6.07) is 7.98. The highest BCUT2D eigenvalue weighted by Gasteiger charge is 2.35. The molecule has 0 radical (unpaired) electrons. The number of nitrogens with zero attached hydrogens (tertiary/aromatic N) is 1. The predicted octanol–water partition coefficient (Wildman–Crippen LogP) is 2.10. The number of piperidine rings is 1. The number of amides is 1. The van der Waals surface area contributed by atoms with E-state index in [9.17, 15) is 4.79 Å². The van der Waals surface area contributed by atoms with Crippen LogP contribution in [0.5, 0.6) is 5.75 Å². The van der Waals surface area contributed by atoms with Crippen molar-refractivity contribution in [1.29, 1.82) is 0 Å². The molecule has 0 atom stereocenters. The molecule has 0 spiro atoms. The Labute approximate surface area is 120 Å². The molecule has 20 heavy (non-hydrogen) atoms. The summed E-state index contributed by atoms with van der Waals surface area (Å²) >= 11 is 0. The van der Waals surface area contributed by atoms with Gasteiger partial charge in [-0.05, 0) is 45.2 Å². The van der Waals surface area contributed by atoms with Gasteiger partial charge < -0.3 is 15.4 Å². The topological polar surface area (TPSA) is 55.6 Å². The molecule has 2 N–H and O–H groups in total. The smallest absolute Gasteiger partial charge is 0.266 e. The third-order valence-electron chi connectivity index (χ3n) is 3.80. The summed E-state index contributed by atoms with van der Waals surface area (Å²) in [4.78, 5) is 14.5. The zero-order valence-corrected chi connectivity index (χ0v) is 12.6. The van der Waals surface area contributed by atoms with E-state index >= 15 is 0 Å². The number of para-hydroxylation sites is 1. The fourth-order valence-electron chi connectivity index (χ4n) is 2.47. The van der Waals surface area contributed by atoms with E-state index in [0.29, 0.717) is 0 Å². The molecule has 1 aliphatic rings. The van der Waals surface area contributed by atoms with Crippen LogP contribution in [0, 0.1) is 6.92 Å². The lowest BCUT2D eigenvalue weighted by molar-refractivity contribution is -0.146. The van der Waals surface area contributed by atoms with Gasteiger partial charge in [-0.25, -0.2) is 0 Å². The third-order valence-corrected chi connectivity index (χ3v) is 3.80. The molecule has 1 aliphatic heterocycles. The van der Waals surface area contributed by atoms with Crippen molar-refractivity contribution in [2.45, 2.75) is 45.3 Å². The highest BCUT2D eigenvalue weighted by molar-refractivity contribution is 5.85. The van der Waals surface area contributed by atoms with Gasteiger partial charge >= 0.3 is 0 Å². The van der Waals surface area contributed by atoms with Gasteiger partial charge in [-0.1, -0.05) is 18.2 Å². The number of likely N-dealkylation sites (tertiary alicyclic amines) is 1. The van der Waals surface area contributed by atoms with Crippen molar-refractivity contribution in [2.24, 2.45) is 5.73 Å². The average Bonchev–Trinajstić information content (AvgIpc) is 2.41. The van der Waals surface area contributed by atoms with Crippen molar-refractivity contribution in [3.63, 3.8) is 0 Å². The minimum absolute atomic E-state index is 0.0349. The summed E-state index contributed by atoms with van der Waals surface area (Å²) in [6.07, 6.45) is 1.73. The lowest BCUT2D eigenvalue weighted by atomic mass is 10.0. The maximum Gasteiger partial charge on any atom is 0.266 e. The summed E-state index contributed by atoms with van der Waals surface area (Å²) < 4.78 is 5.95. The van der Waals surface area contributed by atoms with E-state index in [1.54, 1.807) is 0 Å². The van der Waals surface area contributed by atoms with Gasteiger partial charge in [0.15, 0.2) is 5.60 Å². The Morgan fingerprint density at radius 3 is 2.50 bits per heavy atom. The first-order valence-corrected chi connectivity index (χ1v) is 7.20. The van der Waals surface area contributed by atoms with Crippen molar-refractivity contribution in [2.75, 3.05) is 13.1 Å². The minimum atomic E-state index is -0.854. The quantitative estimate of drug-likeness (QED) is 0.920. The Balaban J connectivity index is 2.06. The number of nitrogens with two attached hydrogens (primary N) is 1. The maximum absolute atomic E-state index is 12.6. The molecule has 0 aliphatic carbocycles. The highest BCUT2D eigenvalue weighted by Crippen LogP contribution is 2.24. The Morgan fingerprint density at radius 2 is 1.90 bits per heavy atom. The van der Waals surface area contributed by atoms with Crippen molar-refractivity contribution >= 4 is 5.91 Å². The van der Waals surface area contributed by atoms with Gasteiger partial charge in [-0.15, -0.1) is 0 Å². The molecule has 110 valence electrons. The number of benzene rings is 1. The van der Waals surface area contributed by atoms with Gasteiger partial charge in [0, 0.05) is 19.1 Å². The standard InChI is InChI=1S/C16H24N2O2/c1-12-6-4-5-7-14(12)20-16(2,3)15(19)18-10-8-13(17)9-11-18/h4-7,13H,8-11,17H2,1-3H3. The predicted molar refractivity (Wildman–Crippen MR) is 79.7 cm³/mol. The van der Waals surface area contributed by atoms with Crippen molar-refractivity contribution in [3.05, 3.63) is 29.8 Å². The molecule has 1 fully saturated rings. The molecule has 1 heterocycles. The summed E-state index contributed by atoms with van der Waals surface area (Å²) in [7, 11) is 0. The Morgan fingerprint density at radius 1 is 1.30 bits per heavy atom. The zero-order chi connectivity index (χ0) is 14.8. The maximum atomic E-state index is 12.6. The van der Waals surface area contributed by atoms with Crippen LogP contribution in [-0.4, -0.2) is 35.5 Å². The first-order valence-electron chi connectivity index (χ1n) is 7.20. The van der Waals surface area contributed by atoms with Crippen LogP contribution in [-0.2, 0) is 4.79 Å². The number of ether oxygens (including phenoxy) is 1. The van der Waals surface area contributed by atoms with Gasteiger partial charge in [0.2, 0.25) is 0 Å². The molecular weight excluding hydrogens is 252 g/mol.